The van der Waals surface area contributed by atoms with Crippen molar-refractivity contribution in [2.24, 2.45) is 0 Å². The first-order chi connectivity index (χ1) is 9.60. The summed E-state index contributed by atoms with van der Waals surface area (Å²) < 4.78 is 0. The fraction of sp³-hybridized carbons (Fsp3) is 0.267. The van der Waals surface area contributed by atoms with E-state index >= 15 is 0 Å². The molecule has 1 N–H and O–H groups in total. The van der Waals surface area contributed by atoms with Crippen molar-refractivity contribution >= 4 is 23.2 Å². The summed E-state index contributed by atoms with van der Waals surface area (Å²) in [6.45, 7) is 4.33. The number of halogens is 1. The zero-order valence-electron chi connectivity index (χ0n) is 11.4. The van der Waals surface area contributed by atoms with Gasteiger partial charge in [0.15, 0.2) is 10.8 Å². The van der Waals surface area contributed by atoms with E-state index in [0.717, 1.165) is 12.1 Å². The van der Waals surface area contributed by atoms with Gasteiger partial charge in [-0.25, -0.2) is 0 Å². The van der Waals surface area contributed by atoms with Crippen LogP contribution in [-0.4, -0.2) is 16.1 Å². The minimum Gasteiger partial charge on any atom is -0.321 e. The van der Waals surface area contributed by atoms with Crippen molar-refractivity contribution in [1.29, 1.82) is 0 Å². The van der Waals surface area contributed by atoms with Gasteiger partial charge in [0.25, 0.3) is 5.91 Å². The number of nitrogens with zero attached hydrogens (tertiary/aromatic N) is 2. The molecule has 0 fully saturated rings. The second-order valence-electron chi connectivity index (χ2n) is 4.63. The number of benzene rings is 1. The number of aromatic nitrogens is 2. The highest BCUT2D eigenvalue weighted by Gasteiger charge is 2.09. The molecule has 0 aliphatic carbocycles. The summed E-state index contributed by atoms with van der Waals surface area (Å²) in [5, 5.41) is 10.4. The number of carbonyl (C=O) groups is 1. The van der Waals surface area contributed by atoms with Gasteiger partial charge in [0.1, 0.15) is 0 Å². The van der Waals surface area contributed by atoms with Crippen molar-refractivity contribution in [2.45, 2.75) is 26.2 Å². The molecule has 1 unspecified atom stereocenters. The van der Waals surface area contributed by atoms with E-state index in [2.05, 4.69) is 29.4 Å². The Balaban J connectivity index is 2.06. The van der Waals surface area contributed by atoms with Gasteiger partial charge in [0.05, 0.1) is 0 Å². The SMILES string of the molecule is CCC(C)c1ccc(NC(=O)c2ccc(Cl)nn2)cc1. The van der Waals surface area contributed by atoms with E-state index < -0.39 is 0 Å². The third-order valence-electron chi connectivity index (χ3n) is 3.21. The zero-order valence-corrected chi connectivity index (χ0v) is 12.2. The fourth-order valence-corrected chi connectivity index (χ4v) is 1.86. The molecule has 0 saturated carbocycles. The summed E-state index contributed by atoms with van der Waals surface area (Å²) in [6.07, 6.45) is 1.09. The third kappa shape index (κ3) is 3.54. The van der Waals surface area contributed by atoms with Crippen molar-refractivity contribution in [1.82, 2.24) is 10.2 Å². The molecule has 104 valence electrons. The molecule has 1 heterocycles. The largest absolute Gasteiger partial charge is 0.321 e. The molecule has 0 radical (unpaired) electrons. The summed E-state index contributed by atoms with van der Waals surface area (Å²) in [5.41, 5.74) is 2.23. The summed E-state index contributed by atoms with van der Waals surface area (Å²) in [6, 6.07) is 10.9. The Morgan fingerprint density at radius 2 is 1.90 bits per heavy atom. The van der Waals surface area contributed by atoms with Crippen molar-refractivity contribution in [3.63, 3.8) is 0 Å². The van der Waals surface area contributed by atoms with Crippen LogP contribution >= 0.6 is 11.6 Å². The molecular weight excluding hydrogens is 274 g/mol. The van der Waals surface area contributed by atoms with Crippen LogP contribution < -0.4 is 5.32 Å². The maximum atomic E-state index is 11.9. The van der Waals surface area contributed by atoms with Crippen LogP contribution in [0.5, 0.6) is 0 Å². The first kappa shape index (κ1) is 14.5. The Morgan fingerprint density at radius 1 is 1.20 bits per heavy atom. The maximum absolute atomic E-state index is 11.9. The van der Waals surface area contributed by atoms with E-state index in [1.54, 1.807) is 0 Å². The number of carbonyl (C=O) groups excluding carboxylic acids is 1. The highest BCUT2D eigenvalue weighted by molar-refractivity contribution is 6.29. The average molecular weight is 290 g/mol. The zero-order chi connectivity index (χ0) is 14.5. The molecule has 0 saturated heterocycles. The fourth-order valence-electron chi connectivity index (χ4n) is 1.76. The van der Waals surface area contributed by atoms with Crippen LogP contribution in [0.15, 0.2) is 36.4 Å². The summed E-state index contributed by atoms with van der Waals surface area (Å²) in [7, 11) is 0. The Bertz CT molecular complexity index is 581. The number of amides is 1. The normalized spacial score (nSPS) is 11.9. The topological polar surface area (TPSA) is 54.9 Å². The average Bonchev–Trinajstić information content (AvgIpc) is 2.48. The molecule has 20 heavy (non-hydrogen) atoms. The number of anilines is 1. The summed E-state index contributed by atoms with van der Waals surface area (Å²) >= 11 is 5.63. The van der Waals surface area contributed by atoms with Gasteiger partial charge in [0.2, 0.25) is 0 Å². The first-order valence-electron chi connectivity index (χ1n) is 6.50. The number of nitrogens with one attached hydrogen (secondary N) is 1. The molecule has 1 amide bonds. The first-order valence-corrected chi connectivity index (χ1v) is 6.88. The Kier molecular flexibility index (Phi) is 4.69. The Morgan fingerprint density at radius 3 is 2.45 bits per heavy atom. The standard InChI is InChI=1S/C15H16ClN3O/c1-3-10(2)11-4-6-12(7-5-11)17-15(20)13-8-9-14(16)19-18-13/h4-10H,3H2,1-2H3,(H,17,20). The third-order valence-corrected chi connectivity index (χ3v) is 3.42. The quantitative estimate of drug-likeness (QED) is 0.929. The highest BCUT2D eigenvalue weighted by Crippen LogP contribution is 2.20. The molecule has 2 rings (SSSR count). The smallest absolute Gasteiger partial charge is 0.276 e. The van der Waals surface area contributed by atoms with Crippen LogP contribution in [-0.2, 0) is 0 Å². The van der Waals surface area contributed by atoms with Crippen LogP contribution in [0, 0.1) is 0 Å². The molecule has 5 heteroatoms. The highest BCUT2D eigenvalue weighted by atomic mass is 35.5. The van der Waals surface area contributed by atoms with E-state index in [-0.39, 0.29) is 16.8 Å². The maximum Gasteiger partial charge on any atom is 0.276 e. The Labute approximate surface area is 123 Å². The minimum absolute atomic E-state index is 0.236. The van der Waals surface area contributed by atoms with Crippen LogP contribution in [0.4, 0.5) is 5.69 Å². The van der Waals surface area contributed by atoms with Crippen molar-refractivity contribution < 1.29 is 4.79 Å². The lowest BCUT2D eigenvalue weighted by Crippen LogP contribution is -2.14. The van der Waals surface area contributed by atoms with Gasteiger partial charge in [-0.05, 0) is 42.2 Å². The predicted molar refractivity (Wildman–Crippen MR) is 80.1 cm³/mol. The molecule has 1 atom stereocenters. The molecule has 1 aromatic carbocycles. The van der Waals surface area contributed by atoms with Crippen LogP contribution in [0.25, 0.3) is 0 Å². The molecule has 2 aromatic rings. The van der Waals surface area contributed by atoms with Gasteiger partial charge in [0, 0.05) is 5.69 Å². The summed E-state index contributed by atoms with van der Waals surface area (Å²) in [5.74, 6) is 0.215. The van der Waals surface area contributed by atoms with E-state index in [4.69, 9.17) is 11.6 Å². The molecule has 0 aliphatic rings. The van der Waals surface area contributed by atoms with Gasteiger partial charge in [-0.3, -0.25) is 4.79 Å². The molecular formula is C15H16ClN3O. The summed E-state index contributed by atoms with van der Waals surface area (Å²) in [4.78, 5) is 11.9. The number of rotatable bonds is 4. The van der Waals surface area contributed by atoms with Crippen LogP contribution in [0.3, 0.4) is 0 Å². The number of hydrogen-bond acceptors (Lipinski definition) is 3. The van der Waals surface area contributed by atoms with E-state index in [9.17, 15) is 4.79 Å². The van der Waals surface area contributed by atoms with Crippen molar-refractivity contribution in [2.75, 3.05) is 5.32 Å². The van der Waals surface area contributed by atoms with Crippen LogP contribution in [0.1, 0.15) is 42.2 Å². The van der Waals surface area contributed by atoms with Crippen LogP contribution in [0.2, 0.25) is 5.15 Å². The Hall–Kier alpha value is -1.94. The van der Waals surface area contributed by atoms with Crippen molar-refractivity contribution in [3.8, 4) is 0 Å². The van der Waals surface area contributed by atoms with Gasteiger partial charge < -0.3 is 5.32 Å². The lowest BCUT2D eigenvalue weighted by molar-refractivity contribution is 0.102. The van der Waals surface area contributed by atoms with Gasteiger partial charge in [-0.1, -0.05) is 37.6 Å². The van der Waals surface area contributed by atoms with E-state index in [1.807, 2.05) is 24.3 Å². The predicted octanol–water partition coefficient (Wildman–Crippen LogP) is 3.90. The molecule has 1 aromatic heterocycles. The minimum atomic E-state index is -0.301. The van der Waals surface area contributed by atoms with E-state index in [1.165, 1.54) is 17.7 Å². The van der Waals surface area contributed by atoms with E-state index in [0.29, 0.717) is 5.92 Å². The molecule has 0 aliphatic heterocycles. The second-order valence-corrected chi connectivity index (χ2v) is 5.01. The number of hydrogen-bond donors (Lipinski definition) is 1. The van der Waals surface area contributed by atoms with Crippen molar-refractivity contribution in [3.05, 3.63) is 52.8 Å². The molecule has 0 bridgehead atoms. The van der Waals surface area contributed by atoms with Gasteiger partial charge >= 0.3 is 0 Å². The monoisotopic (exact) mass is 289 g/mol. The van der Waals surface area contributed by atoms with Gasteiger partial charge in [-0.15, -0.1) is 10.2 Å². The molecule has 4 nitrogen and oxygen atoms in total. The lowest BCUT2D eigenvalue weighted by atomic mass is 9.99. The molecule has 0 spiro atoms. The van der Waals surface area contributed by atoms with Gasteiger partial charge in [-0.2, -0.15) is 0 Å². The lowest BCUT2D eigenvalue weighted by Gasteiger charge is -2.10. The second kappa shape index (κ2) is 6.48.